The first kappa shape index (κ1) is 22.9. The summed E-state index contributed by atoms with van der Waals surface area (Å²) < 4.78 is 18.9. The fourth-order valence-corrected chi connectivity index (χ4v) is 6.02. The number of carbonyl (C=O) groups is 3. The molecule has 1 fully saturated rings. The van der Waals surface area contributed by atoms with Crippen LogP contribution >= 0.6 is 11.8 Å². The van der Waals surface area contributed by atoms with Gasteiger partial charge in [0.15, 0.2) is 0 Å². The van der Waals surface area contributed by atoms with Crippen LogP contribution in [0.15, 0.2) is 66.7 Å². The van der Waals surface area contributed by atoms with Gasteiger partial charge in [0.2, 0.25) is 16.7 Å². The van der Waals surface area contributed by atoms with E-state index in [1.165, 1.54) is 52.9 Å². The van der Waals surface area contributed by atoms with E-state index in [4.69, 9.17) is 4.74 Å². The van der Waals surface area contributed by atoms with Gasteiger partial charge in [-0.1, -0.05) is 30.3 Å². The van der Waals surface area contributed by atoms with Gasteiger partial charge in [0, 0.05) is 11.3 Å². The first-order valence-corrected chi connectivity index (χ1v) is 11.9. The summed E-state index contributed by atoms with van der Waals surface area (Å²) in [7, 11) is 1.51. The monoisotopic (exact) mass is 491 g/mol. The minimum atomic E-state index is -1.37. The van der Waals surface area contributed by atoms with Gasteiger partial charge in [0.25, 0.3) is 5.91 Å². The third kappa shape index (κ3) is 3.63. The van der Waals surface area contributed by atoms with Gasteiger partial charge in [-0.3, -0.25) is 24.2 Å². The largest absolute Gasteiger partial charge is 0.495 e. The van der Waals surface area contributed by atoms with Crippen LogP contribution in [0, 0.1) is 12.7 Å². The van der Waals surface area contributed by atoms with Crippen molar-refractivity contribution in [2.45, 2.75) is 11.8 Å². The molecule has 9 heteroatoms. The van der Waals surface area contributed by atoms with E-state index in [1.807, 2.05) is 19.1 Å². The second kappa shape index (κ2) is 8.74. The minimum absolute atomic E-state index is 0.0811. The number of fused-ring (bicyclic) bond motifs is 2. The number of amides is 3. The number of thioether (sulfide) groups is 1. The van der Waals surface area contributed by atoms with E-state index in [9.17, 15) is 18.8 Å². The van der Waals surface area contributed by atoms with Crippen LogP contribution in [0.3, 0.4) is 0 Å². The number of hydrogen-bond acceptors (Lipinski definition) is 5. The Morgan fingerprint density at radius 1 is 1.09 bits per heavy atom. The van der Waals surface area contributed by atoms with E-state index in [0.29, 0.717) is 28.4 Å². The smallest absolute Gasteiger partial charge is 0.269 e. The van der Waals surface area contributed by atoms with Gasteiger partial charge in [0.1, 0.15) is 18.1 Å². The van der Waals surface area contributed by atoms with Crippen molar-refractivity contribution in [2.75, 3.05) is 34.5 Å². The van der Waals surface area contributed by atoms with Gasteiger partial charge in [-0.05, 0) is 48.9 Å². The standard InChI is InChI=1S/C26H22FN3O4S/c1-16-6-5-7-19-24(16)29(14-22(31)28-20-8-3-4-9-21(20)34-2)25(33)26(19)30(23(32)15-35-26)18-12-10-17(27)11-13-18/h3-13H,14-15H2,1-2H3,(H,28,31). The van der Waals surface area contributed by atoms with Crippen molar-refractivity contribution in [3.05, 3.63) is 83.7 Å². The predicted molar refractivity (Wildman–Crippen MR) is 133 cm³/mol. The van der Waals surface area contributed by atoms with Crippen molar-refractivity contribution < 1.29 is 23.5 Å². The van der Waals surface area contributed by atoms with Crippen molar-refractivity contribution in [1.82, 2.24) is 0 Å². The highest BCUT2D eigenvalue weighted by Crippen LogP contribution is 2.56. The molecule has 0 aliphatic carbocycles. The van der Waals surface area contributed by atoms with Crippen LogP contribution in [-0.4, -0.2) is 37.1 Å². The Morgan fingerprint density at radius 3 is 2.57 bits per heavy atom. The number of ether oxygens (including phenoxy) is 1. The summed E-state index contributed by atoms with van der Waals surface area (Å²) >= 11 is 1.21. The normalized spacial score (nSPS) is 18.8. The maximum Gasteiger partial charge on any atom is 0.269 e. The Morgan fingerprint density at radius 2 is 1.83 bits per heavy atom. The van der Waals surface area contributed by atoms with Crippen molar-refractivity contribution in [3.8, 4) is 5.75 Å². The number of nitrogens with zero attached hydrogens (tertiary/aromatic N) is 2. The topological polar surface area (TPSA) is 79.0 Å². The molecule has 178 valence electrons. The maximum absolute atomic E-state index is 14.1. The number of methoxy groups -OCH3 is 1. The number of hydrogen-bond donors (Lipinski definition) is 1. The molecule has 3 aromatic carbocycles. The van der Waals surface area contributed by atoms with Gasteiger partial charge in [0.05, 0.1) is 24.2 Å². The lowest BCUT2D eigenvalue weighted by Gasteiger charge is -2.33. The lowest BCUT2D eigenvalue weighted by molar-refractivity contribution is -0.124. The van der Waals surface area contributed by atoms with Gasteiger partial charge >= 0.3 is 0 Å². The summed E-state index contributed by atoms with van der Waals surface area (Å²) in [4.78, 5) is 41.7. The Bertz CT molecular complexity index is 1350. The van der Waals surface area contributed by atoms with E-state index in [1.54, 1.807) is 30.3 Å². The molecular formula is C26H22FN3O4S. The fourth-order valence-electron chi connectivity index (χ4n) is 4.66. The molecular weight excluding hydrogens is 469 g/mol. The molecule has 7 nitrogen and oxygen atoms in total. The summed E-state index contributed by atoms with van der Waals surface area (Å²) in [5, 5.41) is 2.81. The van der Waals surface area contributed by atoms with Gasteiger partial charge < -0.3 is 10.1 Å². The number of benzene rings is 3. The van der Waals surface area contributed by atoms with Crippen LogP contribution in [0.4, 0.5) is 21.5 Å². The van der Waals surface area contributed by atoms with Crippen molar-refractivity contribution in [2.24, 2.45) is 0 Å². The number of nitrogens with one attached hydrogen (secondary N) is 1. The maximum atomic E-state index is 14.1. The Hall–Kier alpha value is -3.85. The van der Waals surface area contributed by atoms with E-state index in [-0.39, 0.29) is 18.2 Å². The Labute approximate surface area is 205 Å². The van der Waals surface area contributed by atoms with Crippen molar-refractivity contribution in [1.29, 1.82) is 0 Å². The molecule has 0 saturated carbocycles. The Kier molecular flexibility index (Phi) is 5.72. The number of rotatable bonds is 5. The molecule has 2 aliphatic rings. The van der Waals surface area contributed by atoms with Crippen molar-refractivity contribution in [3.63, 3.8) is 0 Å². The molecule has 0 radical (unpaired) electrons. The van der Waals surface area contributed by atoms with E-state index in [0.717, 1.165) is 5.56 Å². The van der Waals surface area contributed by atoms with Crippen LogP contribution in [0.1, 0.15) is 11.1 Å². The highest BCUT2D eigenvalue weighted by Gasteiger charge is 2.61. The zero-order chi connectivity index (χ0) is 24.7. The van der Waals surface area contributed by atoms with Gasteiger partial charge in [-0.25, -0.2) is 4.39 Å². The highest BCUT2D eigenvalue weighted by atomic mass is 32.2. The molecule has 0 aromatic heterocycles. The average molecular weight is 492 g/mol. The van der Waals surface area contributed by atoms with E-state index in [2.05, 4.69) is 5.32 Å². The first-order chi connectivity index (χ1) is 16.9. The molecule has 2 heterocycles. The van der Waals surface area contributed by atoms with Crippen LogP contribution in [0.25, 0.3) is 0 Å². The second-order valence-electron chi connectivity index (χ2n) is 8.25. The SMILES string of the molecule is COc1ccccc1NC(=O)CN1C(=O)C2(SCC(=O)N2c2ccc(F)cc2)c2cccc(C)c21. The summed E-state index contributed by atoms with van der Waals surface area (Å²) in [6.07, 6.45) is 0. The first-order valence-electron chi connectivity index (χ1n) is 10.9. The minimum Gasteiger partial charge on any atom is -0.495 e. The number of anilines is 3. The quantitative estimate of drug-likeness (QED) is 0.582. The number of halogens is 1. The lowest BCUT2D eigenvalue weighted by atomic mass is 10.0. The molecule has 0 bridgehead atoms. The number of para-hydroxylation sites is 3. The van der Waals surface area contributed by atoms with Crippen LogP contribution in [0.2, 0.25) is 0 Å². The van der Waals surface area contributed by atoms with E-state index >= 15 is 0 Å². The Balaban J connectivity index is 1.54. The third-order valence-corrected chi connectivity index (χ3v) is 7.53. The molecule has 2 aliphatic heterocycles. The molecule has 1 N–H and O–H groups in total. The van der Waals surface area contributed by atoms with Crippen LogP contribution < -0.4 is 19.9 Å². The van der Waals surface area contributed by atoms with Crippen LogP contribution in [0.5, 0.6) is 5.75 Å². The molecule has 1 unspecified atom stereocenters. The fraction of sp³-hybridized carbons (Fsp3) is 0.192. The molecule has 3 aromatic rings. The summed E-state index contributed by atoms with van der Waals surface area (Å²) in [5.41, 5.74) is 2.94. The average Bonchev–Trinajstić information content (AvgIpc) is 3.31. The number of aryl methyl sites for hydroxylation is 1. The predicted octanol–water partition coefficient (Wildman–Crippen LogP) is 4.06. The lowest BCUT2D eigenvalue weighted by Crippen LogP contribution is -2.50. The summed E-state index contributed by atoms with van der Waals surface area (Å²) in [6.45, 7) is 1.61. The van der Waals surface area contributed by atoms with Gasteiger partial charge in [-0.2, -0.15) is 0 Å². The molecule has 1 saturated heterocycles. The summed E-state index contributed by atoms with van der Waals surface area (Å²) in [6, 6.07) is 18.0. The number of carbonyl (C=O) groups excluding carboxylic acids is 3. The molecule has 5 rings (SSSR count). The molecule has 35 heavy (non-hydrogen) atoms. The molecule has 3 amide bonds. The highest BCUT2D eigenvalue weighted by molar-refractivity contribution is 8.02. The zero-order valence-corrected chi connectivity index (χ0v) is 19.9. The summed E-state index contributed by atoms with van der Waals surface area (Å²) in [5.74, 6) is -0.916. The van der Waals surface area contributed by atoms with Crippen molar-refractivity contribution >= 4 is 46.5 Å². The third-order valence-electron chi connectivity index (χ3n) is 6.14. The molecule has 1 spiro atoms. The van der Waals surface area contributed by atoms with Gasteiger partial charge in [-0.15, -0.1) is 11.8 Å². The zero-order valence-electron chi connectivity index (χ0n) is 19.1. The van der Waals surface area contributed by atoms with E-state index < -0.39 is 22.5 Å². The second-order valence-corrected chi connectivity index (χ2v) is 9.42. The molecule has 1 atom stereocenters. The van der Waals surface area contributed by atoms with Crippen LogP contribution in [-0.2, 0) is 19.3 Å².